The molecular formula is C24H31NO5. The molecule has 0 heterocycles. The molecule has 30 heavy (non-hydrogen) atoms. The largest absolute Gasteiger partial charge is 0.493 e. The lowest BCUT2D eigenvalue weighted by Gasteiger charge is -2.18. The van der Waals surface area contributed by atoms with Crippen molar-refractivity contribution in [1.82, 2.24) is 0 Å². The van der Waals surface area contributed by atoms with Crippen LogP contribution in [-0.2, 0) is 0 Å². The second-order valence-electron chi connectivity index (χ2n) is 6.82. The van der Waals surface area contributed by atoms with Crippen molar-refractivity contribution >= 4 is 17.5 Å². The number of hydrogen-bond acceptors (Lipinski definition) is 6. The maximum absolute atomic E-state index is 13.2. The van der Waals surface area contributed by atoms with Gasteiger partial charge in [0.2, 0.25) is 5.75 Å². The third-order valence-corrected chi connectivity index (χ3v) is 4.70. The number of ketones is 1. The van der Waals surface area contributed by atoms with Crippen molar-refractivity contribution in [2.24, 2.45) is 0 Å². The third kappa shape index (κ3) is 5.06. The fourth-order valence-corrected chi connectivity index (χ4v) is 3.19. The maximum atomic E-state index is 13.2. The fraction of sp³-hybridized carbons (Fsp3) is 0.375. The van der Waals surface area contributed by atoms with Gasteiger partial charge < -0.3 is 23.8 Å². The molecule has 0 saturated heterocycles. The normalized spacial score (nSPS) is 11.1. The van der Waals surface area contributed by atoms with E-state index in [4.69, 9.17) is 18.9 Å². The van der Waals surface area contributed by atoms with Gasteiger partial charge in [-0.3, -0.25) is 4.79 Å². The molecule has 0 fully saturated rings. The first kappa shape index (κ1) is 23.1. The van der Waals surface area contributed by atoms with Crippen LogP contribution in [0.5, 0.6) is 23.0 Å². The molecule has 0 amide bonds. The van der Waals surface area contributed by atoms with Crippen LogP contribution in [0.2, 0.25) is 0 Å². The first-order valence-electron chi connectivity index (χ1n) is 9.89. The molecule has 6 heteroatoms. The van der Waals surface area contributed by atoms with Crippen LogP contribution in [-0.4, -0.2) is 47.8 Å². The minimum atomic E-state index is -0.0302. The Morgan fingerprint density at radius 2 is 1.57 bits per heavy atom. The van der Waals surface area contributed by atoms with E-state index in [1.807, 2.05) is 63.2 Å². The van der Waals surface area contributed by atoms with E-state index in [-0.39, 0.29) is 5.78 Å². The summed E-state index contributed by atoms with van der Waals surface area (Å²) in [6, 6.07) is 9.17. The number of anilines is 1. The first-order valence-corrected chi connectivity index (χ1v) is 9.89. The molecule has 0 spiro atoms. The Morgan fingerprint density at radius 1 is 0.933 bits per heavy atom. The number of nitrogens with zero attached hydrogens (tertiary/aromatic N) is 1. The highest BCUT2D eigenvalue weighted by atomic mass is 16.5. The maximum Gasteiger partial charge on any atom is 0.203 e. The van der Waals surface area contributed by atoms with Gasteiger partial charge in [0.15, 0.2) is 17.3 Å². The Kier molecular flexibility index (Phi) is 8.16. The molecular weight excluding hydrogens is 382 g/mol. The van der Waals surface area contributed by atoms with Crippen molar-refractivity contribution in [3.63, 3.8) is 0 Å². The van der Waals surface area contributed by atoms with Gasteiger partial charge in [0.1, 0.15) is 5.75 Å². The van der Waals surface area contributed by atoms with Gasteiger partial charge in [-0.15, -0.1) is 0 Å². The molecule has 0 aliphatic carbocycles. The van der Waals surface area contributed by atoms with Crippen molar-refractivity contribution < 1.29 is 23.7 Å². The highest BCUT2D eigenvalue weighted by molar-refractivity contribution is 6.11. The standard InChI is InChI=1S/C24H31NO5/c1-8-17(12-16-13-21(27-5)24(29-7)22(14-16)28-6)23(26)18-10-11-20(30-9-2)19(15-18)25(3)4/h10-15H,8-9H2,1-7H3. The molecule has 0 atom stereocenters. The molecule has 0 N–H and O–H groups in total. The Hall–Kier alpha value is -3.15. The van der Waals surface area contributed by atoms with Gasteiger partial charge in [0.05, 0.1) is 33.6 Å². The third-order valence-electron chi connectivity index (χ3n) is 4.70. The van der Waals surface area contributed by atoms with E-state index >= 15 is 0 Å². The summed E-state index contributed by atoms with van der Waals surface area (Å²) in [5.41, 5.74) is 2.96. The number of rotatable bonds is 10. The summed E-state index contributed by atoms with van der Waals surface area (Å²) in [7, 11) is 8.56. The smallest absolute Gasteiger partial charge is 0.203 e. The van der Waals surface area contributed by atoms with Gasteiger partial charge >= 0.3 is 0 Å². The Morgan fingerprint density at radius 3 is 2.03 bits per heavy atom. The van der Waals surface area contributed by atoms with Crippen molar-refractivity contribution in [2.75, 3.05) is 46.9 Å². The molecule has 0 aliphatic rings. The van der Waals surface area contributed by atoms with Crippen LogP contribution in [0.15, 0.2) is 35.9 Å². The highest BCUT2D eigenvalue weighted by Crippen LogP contribution is 2.39. The predicted octanol–water partition coefficient (Wildman–Crippen LogP) is 4.85. The number of carbonyl (C=O) groups is 1. The second kappa shape index (κ2) is 10.6. The highest BCUT2D eigenvalue weighted by Gasteiger charge is 2.17. The number of Topliss-reactive ketones (excluding diaryl/α,β-unsaturated/α-hetero) is 1. The molecule has 2 aromatic carbocycles. The Bertz CT molecular complexity index is 893. The van der Waals surface area contributed by atoms with Crippen molar-refractivity contribution in [3.8, 4) is 23.0 Å². The van der Waals surface area contributed by atoms with E-state index in [1.165, 1.54) is 0 Å². The van der Waals surface area contributed by atoms with E-state index in [1.54, 1.807) is 27.4 Å². The predicted molar refractivity (Wildman–Crippen MR) is 121 cm³/mol. The van der Waals surface area contributed by atoms with E-state index in [0.29, 0.717) is 41.4 Å². The monoisotopic (exact) mass is 413 g/mol. The summed E-state index contributed by atoms with van der Waals surface area (Å²) in [6.45, 7) is 4.46. The summed E-state index contributed by atoms with van der Waals surface area (Å²) < 4.78 is 21.9. The van der Waals surface area contributed by atoms with Gasteiger partial charge in [-0.1, -0.05) is 6.92 Å². The van der Waals surface area contributed by atoms with E-state index in [0.717, 1.165) is 17.0 Å². The lowest BCUT2D eigenvalue weighted by Crippen LogP contribution is -2.12. The van der Waals surface area contributed by atoms with Crippen LogP contribution < -0.4 is 23.8 Å². The number of methoxy groups -OCH3 is 3. The average molecular weight is 414 g/mol. The first-order chi connectivity index (χ1) is 14.4. The van der Waals surface area contributed by atoms with Crippen LogP contribution in [0.1, 0.15) is 36.2 Å². The summed E-state index contributed by atoms with van der Waals surface area (Å²) in [5, 5.41) is 0. The van der Waals surface area contributed by atoms with Crippen LogP contribution in [0.3, 0.4) is 0 Å². The molecule has 6 nitrogen and oxygen atoms in total. The second-order valence-corrected chi connectivity index (χ2v) is 6.82. The van der Waals surface area contributed by atoms with Crippen molar-refractivity contribution in [2.45, 2.75) is 20.3 Å². The minimum absolute atomic E-state index is 0.0302. The van der Waals surface area contributed by atoms with Gasteiger partial charge in [-0.05, 0) is 55.3 Å². The SMILES string of the molecule is CCOc1ccc(C(=O)C(=Cc2cc(OC)c(OC)c(OC)c2)CC)cc1N(C)C. The number of carbonyl (C=O) groups excluding carboxylic acids is 1. The van der Waals surface area contributed by atoms with Crippen LogP contribution in [0, 0.1) is 0 Å². The number of allylic oxidation sites excluding steroid dienone is 1. The van der Waals surface area contributed by atoms with Gasteiger partial charge in [-0.2, -0.15) is 0 Å². The van der Waals surface area contributed by atoms with Crippen LogP contribution >= 0.6 is 0 Å². The van der Waals surface area contributed by atoms with Crippen LogP contribution in [0.4, 0.5) is 5.69 Å². The zero-order valence-corrected chi connectivity index (χ0v) is 18.9. The molecule has 0 unspecified atom stereocenters. The molecule has 0 bridgehead atoms. The van der Waals surface area contributed by atoms with Gasteiger partial charge in [0.25, 0.3) is 0 Å². The van der Waals surface area contributed by atoms with E-state index < -0.39 is 0 Å². The van der Waals surface area contributed by atoms with Crippen molar-refractivity contribution in [1.29, 1.82) is 0 Å². The summed E-state index contributed by atoms with van der Waals surface area (Å²) in [4.78, 5) is 15.2. The van der Waals surface area contributed by atoms with Crippen LogP contribution in [0.25, 0.3) is 6.08 Å². The molecule has 0 radical (unpaired) electrons. The molecule has 2 aromatic rings. The van der Waals surface area contributed by atoms with Crippen molar-refractivity contribution in [3.05, 3.63) is 47.0 Å². The lowest BCUT2D eigenvalue weighted by molar-refractivity contribution is 0.103. The van der Waals surface area contributed by atoms with Gasteiger partial charge in [0, 0.05) is 25.2 Å². The quantitative estimate of drug-likeness (QED) is 0.410. The number of hydrogen-bond donors (Lipinski definition) is 0. The molecule has 0 saturated carbocycles. The molecule has 0 aromatic heterocycles. The van der Waals surface area contributed by atoms with Gasteiger partial charge in [-0.25, -0.2) is 0 Å². The Labute approximate surface area is 179 Å². The summed E-state index contributed by atoms with van der Waals surface area (Å²) >= 11 is 0. The van der Waals surface area contributed by atoms with E-state index in [2.05, 4.69) is 0 Å². The minimum Gasteiger partial charge on any atom is -0.493 e. The molecule has 0 aliphatic heterocycles. The number of benzene rings is 2. The fourth-order valence-electron chi connectivity index (χ4n) is 3.19. The zero-order chi connectivity index (χ0) is 22.3. The topological polar surface area (TPSA) is 57.2 Å². The Balaban J connectivity index is 2.48. The molecule has 2 rings (SSSR count). The zero-order valence-electron chi connectivity index (χ0n) is 18.9. The molecule has 162 valence electrons. The summed E-state index contributed by atoms with van der Waals surface area (Å²) in [6.07, 6.45) is 2.44. The number of ether oxygens (including phenoxy) is 4. The average Bonchev–Trinajstić information content (AvgIpc) is 2.76. The summed E-state index contributed by atoms with van der Waals surface area (Å²) in [5.74, 6) is 2.33. The lowest BCUT2D eigenvalue weighted by atomic mass is 9.98. The van der Waals surface area contributed by atoms with E-state index in [9.17, 15) is 4.79 Å².